The molecule has 0 N–H and O–H groups in total. The molecule has 0 bridgehead atoms. The molecule has 1 amide bonds. The van der Waals surface area contributed by atoms with Crippen LogP contribution in [0.5, 0.6) is 0 Å². The summed E-state index contributed by atoms with van der Waals surface area (Å²) >= 11 is 0. The maximum atomic E-state index is 12.6. The first kappa shape index (κ1) is 15.6. The van der Waals surface area contributed by atoms with E-state index in [1.54, 1.807) is 42.0 Å². The van der Waals surface area contributed by atoms with Gasteiger partial charge in [0, 0.05) is 25.1 Å². The molecule has 3 aromatic rings. The van der Waals surface area contributed by atoms with Crippen LogP contribution in [0.3, 0.4) is 0 Å². The summed E-state index contributed by atoms with van der Waals surface area (Å²) in [6.07, 6.45) is 8.62. The number of hydrogen-bond acceptors (Lipinski definition) is 5. The van der Waals surface area contributed by atoms with E-state index in [0.29, 0.717) is 32.1 Å². The number of pyridine rings is 1. The van der Waals surface area contributed by atoms with Crippen molar-refractivity contribution in [3.05, 3.63) is 72.5 Å². The van der Waals surface area contributed by atoms with E-state index < -0.39 is 0 Å². The van der Waals surface area contributed by atoms with E-state index >= 15 is 0 Å². The highest BCUT2D eigenvalue weighted by atomic mass is 16.5. The molecule has 0 saturated heterocycles. The van der Waals surface area contributed by atoms with Gasteiger partial charge >= 0.3 is 0 Å². The third kappa shape index (κ3) is 3.32. The normalized spacial score (nSPS) is 16.6. The first-order valence-corrected chi connectivity index (χ1v) is 8.11. The molecule has 0 saturated carbocycles. The number of furan rings is 1. The summed E-state index contributed by atoms with van der Waals surface area (Å²) in [4.78, 5) is 22.7. The Morgan fingerprint density at radius 1 is 1.28 bits per heavy atom. The van der Waals surface area contributed by atoms with Crippen LogP contribution in [0, 0.1) is 0 Å². The quantitative estimate of drug-likeness (QED) is 0.713. The lowest BCUT2D eigenvalue weighted by molar-refractivity contribution is 0.0460. The van der Waals surface area contributed by atoms with Crippen molar-refractivity contribution in [2.75, 3.05) is 13.2 Å². The van der Waals surface area contributed by atoms with Gasteiger partial charge in [0.1, 0.15) is 0 Å². The maximum absolute atomic E-state index is 12.6. The van der Waals surface area contributed by atoms with Crippen molar-refractivity contribution >= 4 is 5.91 Å². The third-order valence-corrected chi connectivity index (χ3v) is 4.24. The number of rotatable bonds is 5. The van der Waals surface area contributed by atoms with Crippen molar-refractivity contribution in [1.29, 1.82) is 0 Å². The fourth-order valence-electron chi connectivity index (χ4n) is 3.03. The van der Waals surface area contributed by atoms with Crippen LogP contribution in [0.2, 0.25) is 0 Å². The summed E-state index contributed by atoms with van der Waals surface area (Å²) in [5.41, 5.74) is 2.01. The van der Waals surface area contributed by atoms with Crippen molar-refractivity contribution in [3.63, 3.8) is 0 Å². The smallest absolute Gasteiger partial charge is 0.289 e. The predicted molar refractivity (Wildman–Crippen MR) is 88.6 cm³/mol. The number of ether oxygens (including phenoxy) is 1. The number of carbonyl (C=O) groups is 1. The van der Waals surface area contributed by atoms with Crippen LogP contribution in [-0.2, 0) is 17.9 Å². The second kappa shape index (κ2) is 6.90. The Balaban J connectivity index is 1.44. The molecule has 1 unspecified atom stereocenters. The monoisotopic (exact) mass is 338 g/mol. The summed E-state index contributed by atoms with van der Waals surface area (Å²) in [6, 6.07) is 7.28. The molecule has 0 spiro atoms. The number of nitrogens with zero attached hydrogens (tertiary/aromatic N) is 4. The number of imidazole rings is 1. The van der Waals surface area contributed by atoms with Gasteiger partial charge < -0.3 is 18.6 Å². The van der Waals surface area contributed by atoms with Crippen LogP contribution in [0.4, 0.5) is 0 Å². The summed E-state index contributed by atoms with van der Waals surface area (Å²) in [7, 11) is 0. The van der Waals surface area contributed by atoms with E-state index in [9.17, 15) is 4.79 Å². The third-order valence-electron chi connectivity index (χ3n) is 4.24. The standard InChI is InChI=1S/C18H18N4O3/c23-18(17-4-2-6-25-17)21-9-15-8-20-13-22(15)16(10-21)12-24-11-14-3-1-5-19-7-14/h1-8,13,16H,9-12H2. The van der Waals surface area contributed by atoms with Crippen LogP contribution in [0.25, 0.3) is 0 Å². The molecule has 0 radical (unpaired) electrons. The topological polar surface area (TPSA) is 73.4 Å². The van der Waals surface area contributed by atoms with Crippen molar-refractivity contribution in [2.45, 2.75) is 19.2 Å². The number of fused-ring (bicyclic) bond motifs is 1. The van der Waals surface area contributed by atoms with Gasteiger partial charge in [-0.15, -0.1) is 0 Å². The zero-order chi connectivity index (χ0) is 17.1. The molecule has 128 valence electrons. The Morgan fingerprint density at radius 2 is 2.24 bits per heavy atom. The van der Waals surface area contributed by atoms with Crippen molar-refractivity contribution < 1.29 is 13.9 Å². The van der Waals surface area contributed by atoms with E-state index in [0.717, 1.165) is 11.3 Å². The van der Waals surface area contributed by atoms with Gasteiger partial charge in [-0.25, -0.2) is 4.98 Å². The minimum Gasteiger partial charge on any atom is -0.459 e. The highest BCUT2D eigenvalue weighted by Gasteiger charge is 2.29. The van der Waals surface area contributed by atoms with E-state index in [-0.39, 0.29) is 11.9 Å². The van der Waals surface area contributed by atoms with Crippen LogP contribution < -0.4 is 0 Å². The van der Waals surface area contributed by atoms with Gasteiger partial charge in [-0.05, 0) is 23.8 Å². The largest absolute Gasteiger partial charge is 0.459 e. The minimum atomic E-state index is -0.116. The zero-order valence-electron chi connectivity index (χ0n) is 13.6. The summed E-state index contributed by atoms with van der Waals surface area (Å²) in [6.45, 7) is 2.04. The molecular formula is C18H18N4O3. The van der Waals surface area contributed by atoms with Gasteiger partial charge in [0.25, 0.3) is 5.91 Å². The van der Waals surface area contributed by atoms with E-state index in [2.05, 4.69) is 14.5 Å². The van der Waals surface area contributed by atoms with E-state index in [1.807, 2.05) is 12.1 Å². The lowest BCUT2D eigenvalue weighted by Crippen LogP contribution is -2.42. The highest BCUT2D eigenvalue weighted by Crippen LogP contribution is 2.23. The maximum Gasteiger partial charge on any atom is 0.289 e. The van der Waals surface area contributed by atoms with E-state index in [4.69, 9.17) is 9.15 Å². The van der Waals surface area contributed by atoms with Crippen molar-refractivity contribution in [1.82, 2.24) is 19.4 Å². The Morgan fingerprint density at radius 3 is 3.04 bits per heavy atom. The summed E-state index contributed by atoms with van der Waals surface area (Å²) in [5.74, 6) is 0.234. The van der Waals surface area contributed by atoms with Gasteiger partial charge in [-0.3, -0.25) is 9.78 Å². The van der Waals surface area contributed by atoms with Gasteiger partial charge in [0.05, 0.1) is 44.1 Å². The molecule has 7 heteroatoms. The molecule has 4 heterocycles. The average molecular weight is 338 g/mol. The molecule has 3 aromatic heterocycles. The molecule has 1 aliphatic rings. The Bertz CT molecular complexity index is 829. The molecule has 0 aliphatic carbocycles. The fraction of sp³-hybridized carbons (Fsp3) is 0.278. The second-order valence-electron chi connectivity index (χ2n) is 5.99. The lowest BCUT2D eigenvalue weighted by Gasteiger charge is -2.33. The number of amides is 1. The number of carbonyl (C=O) groups excluding carboxylic acids is 1. The van der Waals surface area contributed by atoms with Crippen molar-refractivity contribution in [3.8, 4) is 0 Å². The lowest BCUT2D eigenvalue weighted by atomic mass is 10.2. The number of aromatic nitrogens is 3. The Labute approximate surface area is 144 Å². The van der Waals surface area contributed by atoms with Gasteiger partial charge in [0.2, 0.25) is 0 Å². The van der Waals surface area contributed by atoms with Crippen LogP contribution >= 0.6 is 0 Å². The van der Waals surface area contributed by atoms with Gasteiger partial charge in [-0.2, -0.15) is 0 Å². The molecular weight excluding hydrogens is 320 g/mol. The zero-order valence-corrected chi connectivity index (χ0v) is 13.6. The second-order valence-corrected chi connectivity index (χ2v) is 5.99. The molecule has 1 aliphatic heterocycles. The highest BCUT2D eigenvalue weighted by molar-refractivity contribution is 5.91. The summed E-state index contributed by atoms with van der Waals surface area (Å²) < 4.78 is 13.2. The first-order chi connectivity index (χ1) is 12.3. The Kier molecular flexibility index (Phi) is 4.30. The van der Waals surface area contributed by atoms with E-state index in [1.165, 1.54) is 6.26 Å². The average Bonchev–Trinajstić information content (AvgIpc) is 3.33. The molecule has 1 atom stereocenters. The number of hydrogen-bond donors (Lipinski definition) is 0. The van der Waals surface area contributed by atoms with Gasteiger partial charge in [0.15, 0.2) is 5.76 Å². The Hall–Kier alpha value is -2.93. The SMILES string of the molecule is O=C(c1ccco1)N1Cc2cncn2C(COCc2cccnc2)C1. The minimum absolute atomic E-state index is 0.0156. The molecule has 7 nitrogen and oxygen atoms in total. The fourth-order valence-corrected chi connectivity index (χ4v) is 3.03. The first-order valence-electron chi connectivity index (χ1n) is 8.11. The van der Waals surface area contributed by atoms with Crippen LogP contribution in [0.15, 0.2) is 59.9 Å². The van der Waals surface area contributed by atoms with Crippen LogP contribution in [0.1, 0.15) is 27.9 Å². The van der Waals surface area contributed by atoms with Crippen molar-refractivity contribution in [2.24, 2.45) is 0 Å². The molecule has 0 fully saturated rings. The predicted octanol–water partition coefficient (Wildman–Crippen LogP) is 2.29. The van der Waals surface area contributed by atoms with Crippen LogP contribution in [-0.4, -0.2) is 38.5 Å². The molecule has 4 rings (SSSR count). The molecule has 25 heavy (non-hydrogen) atoms. The summed E-state index contributed by atoms with van der Waals surface area (Å²) in [5, 5.41) is 0. The van der Waals surface area contributed by atoms with Gasteiger partial charge in [-0.1, -0.05) is 6.07 Å². The molecule has 0 aromatic carbocycles.